The van der Waals surface area contributed by atoms with Gasteiger partial charge in [-0.3, -0.25) is 0 Å². The van der Waals surface area contributed by atoms with E-state index in [1.165, 1.54) is 0 Å². The van der Waals surface area contributed by atoms with Crippen LogP contribution in [0.5, 0.6) is 0 Å². The van der Waals surface area contributed by atoms with E-state index in [0.717, 1.165) is 11.1 Å². The number of allylic oxidation sites excluding steroid dienone is 4. The monoisotopic (exact) mass is 454 g/mol. The summed E-state index contributed by atoms with van der Waals surface area (Å²) in [4.78, 5) is 20.3. The molecule has 27 heavy (non-hydrogen) atoms. The van der Waals surface area contributed by atoms with Gasteiger partial charge in [-0.25, -0.2) is 9.59 Å². The van der Waals surface area contributed by atoms with Gasteiger partial charge in [0.15, 0.2) is 9.75 Å². The second kappa shape index (κ2) is 6.14. The van der Waals surface area contributed by atoms with E-state index in [9.17, 15) is 9.59 Å². The summed E-state index contributed by atoms with van der Waals surface area (Å²) in [6, 6.07) is 0. The Hall–Kier alpha value is -0.220. The van der Waals surface area contributed by atoms with Gasteiger partial charge >= 0.3 is 11.9 Å². The van der Waals surface area contributed by atoms with Crippen LogP contribution in [0.15, 0.2) is 23.3 Å². The molecule has 2 aliphatic rings. The van der Waals surface area contributed by atoms with Crippen molar-refractivity contribution in [3.8, 4) is 0 Å². The summed E-state index contributed by atoms with van der Waals surface area (Å²) < 4.78 is 5.16. The fraction of sp³-hybridized carbons (Fsp3) is 0.700. The zero-order valence-electron chi connectivity index (χ0n) is 16.9. The molecule has 2 fully saturated rings. The molecule has 4 unspecified atom stereocenters. The molecule has 0 N–H and O–H groups in total. The standard InChI is InChI=1S/C20H26Cl4O3/c1-11(2)9-17(21)15(5,6)19(17,23)13(25)27-14(26)20(24)16(7,8)18(20,22)10-12(3)4/h9-10H,1-8H3. The Morgan fingerprint density at radius 2 is 0.926 bits per heavy atom. The molecule has 0 aromatic heterocycles. The first-order chi connectivity index (χ1) is 11.9. The van der Waals surface area contributed by atoms with Gasteiger partial charge in [-0.2, -0.15) is 0 Å². The number of carbonyl (C=O) groups is 2. The molecule has 0 aliphatic heterocycles. The minimum atomic E-state index is -1.58. The number of rotatable bonds is 4. The van der Waals surface area contributed by atoms with E-state index >= 15 is 0 Å². The van der Waals surface area contributed by atoms with Crippen molar-refractivity contribution in [2.24, 2.45) is 10.8 Å². The van der Waals surface area contributed by atoms with Gasteiger partial charge < -0.3 is 4.74 Å². The lowest BCUT2D eigenvalue weighted by molar-refractivity contribution is -0.161. The maximum atomic E-state index is 12.9. The van der Waals surface area contributed by atoms with E-state index in [1.807, 2.05) is 27.7 Å². The molecular weight excluding hydrogens is 430 g/mol. The largest absolute Gasteiger partial charge is 0.390 e. The van der Waals surface area contributed by atoms with Crippen LogP contribution in [0.4, 0.5) is 0 Å². The van der Waals surface area contributed by atoms with E-state index in [4.69, 9.17) is 51.1 Å². The molecule has 0 bridgehead atoms. The predicted octanol–water partition coefficient (Wildman–Crippen LogP) is 5.98. The molecule has 0 radical (unpaired) electrons. The van der Waals surface area contributed by atoms with Crippen LogP contribution in [-0.2, 0) is 14.3 Å². The highest BCUT2D eigenvalue weighted by Crippen LogP contribution is 2.76. The maximum absolute atomic E-state index is 12.9. The Morgan fingerprint density at radius 1 is 0.667 bits per heavy atom. The van der Waals surface area contributed by atoms with Crippen molar-refractivity contribution in [1.29, 1.82) is 0 Å². The number of ether oxygens (including phenoxy) is 1. The highest BCUT2D eigenvalue weighted by molar-refractivity contribution is 6.52. The lowest BCUT2D eigenvalue weighted by Gasteiger charge is -2.15. The second-order valence-corrected chi connectivity index (χ2v) is 11.4. The third-order valence-electron chi connectivity index (χ3n) is 6.14. The molecule has 0 amide bonds. The molecule has 2 aliphatic carbocycles. The SMILES string of the molecule is CC(C)=CC1(Cl)C(C)(C)C1(Cl)C(=O)OC(=O)C1(Cl)C(C)(C)C1(Cl)C=C(C)C. The first-order valence-electron chi connectivity index (χ1n) is 8.73. The molecule has 4 atom stereocenters. The first kappa shape index (κ1) is 23.1. The minimum Gasteiger partial charge on any atom is -0.390 e. The fourth-order valence-corrected chi connectivity index (χ4v) is 6.20. The fourth-order valence-electron chi connectivity index (χ4n) is 3.99. The summed E-state index contributed by atoms with van der Waals surface area (Å²) in [6.45, 7) is 14.4. The Kier molecular flexibility index (Phi) is 5.24. The van der Waals surface area contributed by atoms with Gasteiger partial charge in [0.1, 0.15) is 9.75 Å². The number of carbonyl (C=O) groups excluding carboxylic acids is 2. The van der Waals surface area contributed by atoms with Gasteiger partial charge in [0.25, 0.3) is 0 Å². The summed E-state index contributed by atoms with van der Waals surface area (Å²) in [7, 11) is 0. The van der Waals surface area contributed by atoms with Crippen molar-refractivity contribution >= 4 is 58.3 Å². The van der Waals surface area contributed by atoms with Gasteiger partial charge in [-0.05, 0) is 27.7 Å². The summed E-state index contributed by atoms with van der Waals surface area (Å²) in [6.07, 6.45) is 3.44. The van der Waals surface area contributed by atoms with E-state index in [0.29, 0.717) is 0 Å². The third-order valence-corrected chi connectivity index (χ3v) is 9.92. The Balaban J connectivity index is 2.32. The van der Waals surface area contributed by atoms with Crippen LogP contribution in [0.2, 0.25) is 0 Å². The highest BCUT2D eigenvalue weighted by atomic mass is 35.5. The predicted molar refractivity (Wildman–Crippen MR) is 112 cm³/mol. The van der Waals surface area contributed by atoms with Crippen LogP contribution in [0.3, 0.4) is 0 Å². The number of halogens is 4. The molecule has 0 saturated heterocycles. The van der Waals surface area contributed by atoms with Crippen molar-refractivity contribution in [3.63, 3.8) is 0 Å². The van der Waals surface area contributed by atoms with Gasteiger partial charge in [0.2, 0.25) is 0 Å². The third kappa shape index (κ3) is 2.54. The van der Waals surface area contributed by atoms with Gasteiger partial charge in [0.05, 0.1) is 0 Å². The number of hydrogen-bond acceptors (Lipinski definition) is 3. The summed E-state index contributed by atoms with van der Waals surface area (Å²) in [5.74, 6) is -1.82. The Labute approximate surface area is 181 Å². The summed E-state index contributed by atoms with van der Waals surface area (Å²) in [5.41, 5.74) is 0.183. The van der Waals surface area contributed by atoms with Crippen LogP contribution in [0, 0.1) is 10.8 Å². The number of alkyl halides is 4. The average molecular weight is 456 g/mol. The lowest BCUT2D eigenvalue weighted by Crippen LogP contribution is -2.36. The molecule has 152 valence electrons. The van der Waals surface area contributed by atoms with Crippen LogP contribution in [0.1, 0.15) is 55.4 Å². The molecule has 2 rings (SSSR count). The lowest BCUT2D eigenvalue weighted by atomic mass is 10.1. The Bertz CT molecular complexity index is 712. The van der Waals surface area contributed by atoms with Crippen molar-refractivity contribution in [3.05, 3.63) is 23.3 Å². The van der Waals surface area contributed by atoms with Crippen molar-refractivity contribution in [1.82, 2.24) is 0 Å². The molecule has 0 spiro atoms. The summed E-state index contributed by atoms with van der Waals surface area (Å²) >= 11 is 26.5. The molecule has 2 saturated carbocycles. The first-order valence-corrected chi connectivity index (χ1v) is 10.2. The van der Waals surface area contributed by atoms with E-state index in [2.05, 4.69) is 0 Å². The van der Waals surface area contributed by atoms with Crippen LogP contribution >= 0.6 is 46.4 Å². The van der Waals surface area contributed by atoms with E-state index < -0.39 is 42.3 Å². The average Bonchev–Trinajstić information content (AvgIpc) is 3.00. The molecule has 0 aromatic carbocycles. The molecule has 0 aromatic rings. The van der Waals surface area contributed by atoms with Crippen LogP contribution in [0.25, 0.3) is 0 Å². The zero-order chi connectivity index (χ0) is 21.4. The molecule has 0 heterocycles. The van der Waals surface area contributed by atoms with E-state index in [-0.39, 0.29) is 0 Å². The zero-order valence-corrected chi connectivity index (χ0v) is 19.9. The van der Waals surface area contributed by atoms with Gasteiger partial charge in [0, 0.05) is 10.8 Å². The van der Waals surface area contributed by atoms with Crippen molar-refractivity contribution in [2.75, 3.05) is 0 Å². The van der Waals surface area contributed by atoms with Gasteiger partial charge in [-0.15, -0.1) is 46.4 Å². The maximum Gasteiger partial charge on any atom is 0.337 e. The molecule has 3 nitrogen and oxygen atoms in total. The molecular formula is C20H26Cl4O3. The van der Waals surface area contributed by atoms with Crippen LogP contribution in [-0.4, -0.2) is 31.4 Å². The van der Waals surface area contributed by atoms with Crippen molar-refractivity contribution < 1.29 is 14.3 Å². The number of hydrogen-bond donors (Lipinski definition) is 0. The minimum absolute atomic E-state index is 0.811. The second-order valence-electron chi connectivity index (χ2n) is 9.11. The normalized spacial score (nSPS) is 40.6. The quantitative estimate of drug-likeness (QED) is 0.226. The van der Waals surface area contributed by atoms with Gasteiger partial charge in [-0.1, -0.05) is 51.0 Å². The smallest absolute Gasteiger partial charge is 0.337 e. The van der Waals surface area contributed by atoms with E-state index in [1.54, 1.807) is 39.8 Å². The van der Waals surface area contributed by atoms with Crippen molar-refractivity contribution in [2.45, 2.75) is 74.9 Å². The van der Waals surface area contributed by atoms with Crippen LogP contribution < -0.4 is 0 Å². The topological polar surface area (TPSA) is 43.4 Å². The summed E-state index contributed by atoms with van der Waals surface area (Å²) in [5, 5.41) is 0. The highest BCUT2D eigenvalue weighted by Gasteiger charge is 2.88. The number of esters is 2. The molecule has 7 heteroatoms. The Morgan fingerprint density at radius 3 is 1.15 bits per heavy atom.